The molecule has 4 atom stereocenters. The minimum atomic E-state index is -0.681. The minimum Gasteiger partial charge on any atom is -0.382 e. The number of imidazole rings is 1. The highest BCUT2D eigenvalue weighted by Gasteiger charge is 2.56. The second-order valence-electron chi connectivity index (χ2n) is 8.56. The summed E-state index contributed by atoms with van der Waals surface area (Å²) in [6, 6.07) is 0. The second-order valence-corrected chi connectivity index (χ2v) is 8.56. The molecule has 4 rings (SSSR count). The molecule has 4 heterocycles. The molecule has 2 aliphatic heterocycles. The zero-order chi connectivity index (χ0) is 21.1. The number of hydrogen-bond acceptors (Lipinski definition) is 8. The van der Waals surface area contributed by atoms with Crippen molar-refractivity contribution in [3.05, 3.63) is 12.7 Å². The molecule has 0 aliphatic carbocycles. The van der Waals surface area contributed by atoms with Crippen LogP contribution >= 0.6 is 0 Å². The van der Waals surface area contributed by atoms with E-state index < -0.39 is 12.0 Å². The summed E-state index contributed by atoms with van der Waals surface area (Å²) in [6.45, 7) is 7.27. The van der Waals surface area contributed by atoms with Crippen molar-refractivity contribution in [2.24, 2.45) is 0 Å². The number of ether oxygens (including phenoxy) is 4. The lowest BCUT2D eigenvalue weighted by atomic mass is 10.1. The van der Waals surface area contributed by atoms with Crippen LogP contribution in [-0.4, -0.2) is 56.8 Å². The molecule has 0 spiro atoms. The molecule has 0 unspecified atom stereocenters. The van der Waals surface area contributed by atoms with E-state index >= 15 is 0 Å². The summed E-state index contributed by atoms with van der Waals surface area (Å²) in [5.41, 5.74) is 7.11. The first kappa shape index (κ1) is 21.4. The zero-order valence-corrected chi connectivity index (χ0v) is 18.1. The van der Waals surface area contributed by atoms with Crippen LogP contribution in [0.5, 0.6) is 0 Å². The molecule has 30 heavy (non-hydrogen) atoms. The molecule has 0 amide bonds. The Kier molecular flexibility index (Phi) is 6.52. The Morgan fingerprint density at radius 2 is 1.83 bits per heavy atom. The lowest BCUT2D eigenvalue weighted by Crippen LogP contribution is -2.33. The average molecular weight is 420 g/mol. The molecule has 0 bridgehead atoms. The topological polar surface area (TPSA) is 107 Å². The number of nitrogen functional groups attached to an aromatic ring is 1. The fraction of sp³-hybridized carbons (Fsp3) is 0.762. The number of rotatable bonds is 10. The molecule has 9 heteroatoms. The fourth-order valence-corrected chi connectivity index (χ4v) is 4.26. The van der Waals surface area contributed by atoms with E-state index in [9.17, 15) is 0 Å². The monoisotopic (exact) mass is 419 g/mol. The highest BCUT2D eigenvalue weighted by atomic mass is 16.8. The predicted molar refractivity (Wildman–Crippen MR) is 112 cm³/mol. The van der Waals surface area contributed by atoms with Gasteiger partial charge in [-0.2, -0.15) is 0 Å². The van der Waals surface area contributed by atoms with Gasteiger partial charge in [-0.05, 0) is 20.3 Å². The first-order chi connectivity index (χ1) is 14.5. The van der Waals surface area contributed by atoms with Crippen molar-refractivity contribution < 1.29 is 18.9 Å². The van der Waals surface area contributed by atoms with Gasteiger partial charge in [-0.3, -0.25) is 4.57 Å². The Bertz CT molecular complexity index is 842. The number of unbranched alkanes of at least 4 members (excludes halogenated alkanes) is 5. The number of fused-ring (bicyclic) bond motifs is 2. The van der Waals surface area contributed by atoms with Crippen LogP contribution in [0.25, 0.3) is 11.2 Å². The number of anilines is 1. The summed E-state index contributed by atoms with van der Waals surface area (Å²) in [7, 11) is 0. The van der Waals surface area contributed by atoms with Gasteiger partial charge in [0.05, 0.1) is 12.9 Å². The van der Waals surface area contributed by atoms with Gasteiger partial charge in [0.2, 0.25) is 0 Å². The first-order valence-corrected chi connectivity index (χ1v) is 11.0. The highest BCUT2D eigenvalue weighted by Crippen LogP contribution is 2.43. The molecule has 0 aromatic carbocycles. The third-order valence-electron chi connectivity index (χ3n) is 5.71. The SMILES string of the molecule is CCCCCCCCOC[C@H]1O[C@@H](n2cnc3c(N)ncnc32)[C@@H]2OC(C)(C)O[C@@H]21. The average Bonchev–Trinajstić information content (AvgIpc) is 3.36. The van der Waals surface area contributed by atoms with Gasteiger partial charge in [-0.25, -0.2) is 15.0 Å². The maximum Gasteiger partial charge on any atom is 0.167 e. The Labute approximate surface area is 177 Å². The Hall–Kier alpha value is -1.81. The normalized spacial score (nSPS) is 27.7. The van der Waals surface area contributed by atoms with Crippen molar-refractivity contribution in [3.63, 3.8) is 0 Å². The maximum absolute atomic E-state index is 6.32. The second kappa shape index (κ2) is 9.13. The molecule has 2 aliphatic rings. The highest BCUT2D eigenvalue weighted by molar-refractivity contribution is 5.81. The summed E-state index contributed by atoms with van der Waals surface area (Å²) in [4.78, 5) is 12.7. The lowest BCUT2D eigenvalue weighted by molar-refractivity contribution is -0.201. The Morgan fingerprint density at radius 1 is 1.07 bits per heavy atom. The van der Waals surface area contributed by atoms with Gasteiger partial charge < -0.3 is 24.7 Å². The summed E-state index contributed by atoms with van der Waals surface area (Å²) in [6.07, 6.45) is 9.39. The lowest BCUT2D eigenvalue weighted by Gasteiger charge is -2.24. The smallest absolute Gasteiger partial charge is 0.167 e. The Balaban J connectivity index is 1.39. The van der Waals surface area contributed by atoms with Gasteiger partial charge in [-0.1, -0.05) is 39.0 Å². The molecule has 0 saturated carbocycles. The van der Waals surface area contributed by atoms with E-state index in [1.807, 2.05) is 18.4 Å². The first-order valence-electron chi connectivity index (χ1n) is 11.0. The summed E-state index contributed by atoms with van der Waals surface area (Å²) in [5, 5.41) is 0. The fourth-order valence-electron chi connectivity index (χ4n) is 4.26. The maximum atomic E-state index is 6.32. The molecule has 2 aromatic heterocycles. The van der Waals surface area contributed by atoms with Crippen molar-refractivity contribution in [2.45, 2.75) is 89.6 Å². The van der Waals surface area contributed by atoms with E-state index in [0.717, 1.165) is 13.0 Å². The van der Waals surface area contributed by atoms with Crippen molar-refractivity contribution in [3.8, 4) is 0 Å². The van der Waals surface area contributed by atoms with Crippen LogP contribution in [0.2, 0.25) is 0 Å². The van der Waals surface area contributed by atoms with Gasteiger partial charge in [0.1, 0.15) is 30.2 Å². The van der Waals surface area contributed by atoms with E-state index in [-0.39, 0.29) is 18.3 Å². The molecular weight excluding hydrogens is 386 g/mol. The Morgan fingerprint density at radius 3 is 2.67 bits per heavy atom. The van der Waals surface area contributed by atoms with Crippen LogP contribution in [0.4, 0.5) is 5.82 Å². The van der Waals surface area contributed by atoms with Crippen LogP contribution in [0.1, 0.15) is 65.5 Å². The summed E-state index contributed by atoms with van der Waals surface area (Å²) < 4.78 is 26.4. The predicted octanol–water partition coefficient (Wildman–Crippen LogP) is 3.20. The van der Waals surface area contributed by atoms with Crippen molar-refractivity contribution in [2.75, 3.05) is 18.9 Å². The molecule has 166 valence electrons. The van der Waals surface area contributed by atoms with Crippen molar-refractivity contribution in [1.82, 2.24) is 19.5 Å². The number of nitrogens with zero attached hydrogens (tertiary/aromatic N) is 4. The van der Waals surface area contributed by atoms with Gasteiger partial charge in [0.15, 0.2) is 23.5 Å². The van der Waals surface area contributed by atoms with Gasteiger partial charge in [0, 0.05) is 6.61 Å². The van der Waals surface area contributed by atoms with Crippen LogP contribution in [0, 0.1) is 0 Å². The van der Waals surface area contributed by atoms with Gasteiger partial charge in [0.25, 0.3) is 0 Å². The molecule has 2 N–H and O–H groups in total. The van der Waals surface area contributed by atoms with Crippen molar-refractivity contribution >= 4 is 17.0 Å². The third kappa shape index (κ3) is 4.44. The van der Waals surface area contributed by atoms with Gasteiger partial charge in [-0.15, -0.1) is 0 Å². The quantitative estimate of drug-likeness (QED) is 0.585. The largest absolute Gasteiger partial charge is 0.382 e. The van der Waals surface area contributed by atoms with Crippen LogP contribution in [0.15, 0.2) is 12.7 Å². The number of aromatic nitrogens is 4. The molecular formula is C21H33N5O4. The molecule has 2 saturated heterocycles. The molecule has 9 nitrogen and oxygen atoms in total. The van der Waals surface area contributed by atoms with Crippen LogP contribution < -0.4 is 5.73 Å². The number of hydrogen-bond donors (Lipinski definition) is 1. The minimum absolute atomic E-state index is 0.216. The van der Waals surface area contributed by atoms with E-state index in [4.69, 9.17) is 24.7 Å². The van der Waals surface area contributed by atoms with E-state index in [0.29, 0.717) is 23.6 Å². The van der Waals surface area contributed by atoms with Crippen LogP contribution in [0.3, 0.4) is 0 Å². The standard InChI is InChI=1S/C21H33N5O4/c1-4-5-6-7-8-9-10-27-11-14-16-17(30-21(2,3)29-16)20(28-14)26-13-25-15-18(22)23-12-24-19(15)26/h12-14,16-17,20H,4-11H2,1-3H3,(H2,22,23,24)/t14-,16-,17-,20-/m1/s1. The summed E-state index contributed by atoms with van der Waals surface area (Å²) >= 11 is 0. The van der Waals surface area contributed by atoms with E-state index in [1.54, 1.807) is 6.33 Å². The van der Waals surface area contributed by atoms with E-state index in [1.165, 1.54) is 38.4 Å². The molecule has 2 aromatic rings. The molecule has 0 radical (unpaired) electrons. The zero-order valence-electron chi connectivity index (χ0n) is 18.1. The van der Waals surface area contributed by atoms with E-state index in [2.05, 4.69) is 21.9 Å². The summed E-state index contributed by atoms with van der Waals surface area (Å²) in [5.74, 6) is -0.338. The van der Waals surface area contributed by atoms with Crippen molar-refractivity contribution in [1.29, 1.82) is 0 Å². The number of nitrogens with two attached hydrogens (primary N) is 1. The van der Waals surface area contributed by atoms with Gasteiger partial charge >= 0.3 is 0 Å². The van der Waals surface area contributed by atoms with Crippen LogP contribution in [-0.2, 0) is 18.9 Å². The third-order valence-corrected chi connectivity index (χ3v) is 5.71. The molecule has 2 fully saturated rings.